The summed E-state index contributed by atoms with van der Waals surface area (Å²) in [5.74, 6) is 0.507. The predicted octanol–water partition coefficient (Wildman–Crippen LogP) is 2.26. The summed E-state index contributed by atoms with van der Waals surface area (Å²) in [5.41, 5.74) is 1.88. The van der Waals surface area contributed by atoms with Crippen molar-refractivity contribution in [3.63, 3.8) is 0 Å². The first-order valence-corrected chi connectivity index (χ1v) is 7.73. The van der Waals surface area contributed by atoms with E-state index in [0.29, 0.717) is 30.9 Å². The second-order valence-corrected chi connectivity index (χ2v) is 6.75. The maximum absolute atomic E-state index is 12.9. The summed E-state index contributed by atoms with van der Waals surface area (Å²) in [6.45, 7) is 2.78. The molecule has 1 aromatic rings. The summed E-state index contributed by atoms with van der Waals surface area (Å²) in [6, 6.07) is 4.47. The minimum atomic E-state index is -0.801. The first-order chi connectivity index (χ1) is 10.6. The first-order valence-electron chi connectivity index (χ1n) is 7.73. The summed E-state index contributed by atoms with van der Waals surface area (Å²) >= 11 is 0. The van der Waals surface area contributed by atoms with Crippen LogP contribution in [0.3, 0.4) is 0 Å². The zero-order valence-electron chi connectivity index (χ0n) is 12.4. The summed E-state index contributed by atoms with van der Waals surface area (Å²) in [4.78, 5) is 18.9. The highest BCUT2D eigenvalue weighted by atomic mass is 16.2. The molecular formula is C17H16N4O. The molecule has 1 aliphatic heterocycles. The zero-order valence-corrected chi connectivity index (χ0v) is 12.4. The first kappa shape index (κ1) is 13.3. The standard InChI is InChI=1S/C17H16N4O/c1-10-8-21(16(22)17(9-19)3-2-4-17)15-12-7-20-6-11(5-18)14(12)13(10)15/h6-7,10,13,15H,2-4,8H2,1H3/t10-,13?,15+/m0/s1. The van der Waals surface area contributed by atoms with Crippen molar-refractivity contribution < 1.29 is 4.79 Å². The zero-order chi connectivity index (χ0) is 15.5. The summed E-state index contributed by atoms with van der Waals surface area (Å²) in [5, 5.41) is 18.7. The van der Waals surface area contributed by atoms with Gasteiger partial charge in [-0.1, -0.05) is 6.92 Å². The number of nitrogens with zero attached hydrogens (tertiary/aromatic N) is 4. The molecule has 3 aliphatic rings. The number of rotatable bonds is 1. The van der Waals surface area contributed by atoms with Crippen LogP contribution in [0.15, 0.2) is 12.4 Å². The molecule has 1 saturated heterocycles. The van der Waals surface area contributed by atoms with Gasteiger partial charge in [0.05, 0.1) is 17.7 Å². The monoisotopic (exact) mass is 292 g/mol. The number of amides is 1. The smallest absolute Gasteiger partial charge is 0.243 e. The van der Waals surface area contributed by atoms with E-state index >= 15 is 0 Å². The van der Waals surface area contributed by atoms with Crippen LogP contribution in [-0.4, -0.2) is 22.3 Å². The largest absolute Gasteiger partial charge is 0.333 e. The lowest BCUT2D eigenvalue weighted by Gasteiger charge is -2.43. The van der Waals surface area contributed by atoms with E-state index in [4.69, 9.17) is 0 Å². The number of carbonyl (C=O) groups excluding carboxylic acids is 1. The fourth-order valence-electron chi connectivity index (χ4n) is 4.32. The molecule has 3 atom stereocenters. The molecule has 2 heterocycles. The Bertz CT molecular complexity index is 753. The van der Waals surface area contributed by atoms with Crippen LogP contribution in [0.25, 0.3) is 0 Å². The molecule has 22 heavy (non-hydrogen) atoms. The van der Waals surface area contributed by atoms with E-state index in [-0.39, 0.29) is 17.9 Å². The van der Waals surface area contributed by atoms with Gasteiger partial charge in [0.2, 0.25) is 5.91 Å². The molecule has 1 amide bonds. The van der Waals surface area contributed by atoms with E-state index in [1.807, 2.05) is 4.90 Å². The number of nitriles is 2. The Morgan fingerprint density at radius 3 is 2.77 bits per heavy atom. The second-order valence-electron chi connectivity index (χ2n) is 6.75. The second kappa shape index (κ2) is 4.30. The van der Waals surface area contributed by atoms with Gasteiger partial charge < -0.3 is 4.90 Å². The van der Waals surface area contributed by atoms with E-state index in [1.54, 1.807) is 12.4 Å². The minimum Gasteiger partial charge on any atom is -0.333 e. The average molecular weight is 292 g/mol. The highest BCUT2D eigenvalue weighted by molar-refractivity contribution is 5.88. The van der Waals surface area contributed by atoms with Crippen LogP contribution in [0.4, 0.5) is 0 Å². The van der Waals surface area contributed by atoms with Gasteiger partial charge in [0, 0.05) is 24.9 Å². The lowest BCUT2D eigenvalue weighted by atomic mass is 9.67. The number of likely N-dealkylation sites (tertiary alicyclic amines) is 1. The molecule has 4 rings (SSSR count). The SMILES string of the molecule is C[C@H]1CN(C(=O)C2(C#N)CCC2)[C@@H]2c3cncc(C#N)c3C21. The normalized spacial score (nSPS) is 30.1. The quantitative estimate of drug-likeness (QED) is 0.795. The Kier molecular flexibility index (Phi) is 2.60. The number of carbonyl (C=O) groups is 1. The van der Waals surface area contributed by atoms with Gasteiger partial charge in [0.15, 0.2) is 0 Å². The van der Waals surface area contributed by atoms with E-state index < -0.39 is 5.41 Å². The fraction of sp³-hybridized carbons (Fsp3) is 0.529. The molecule has 1 unspecified atom stereocenters. The number of aromatic nitrogens is 1. The molecule has 0 radical (unpaired) electrons. The lowest BCUT2D eigenvalue weighted by Crippen LogP contribution is -2.48. The van der Waals surface area contributed by atoms with Gasteiger partial charge in [-0.3, -0.25) is 9.78 Å². The third-order valence-electron chi connectivity index (χ3n) is 5.66. The average Bonchev–Trinajstić information content (AvgIpc) is 2.75. The molecule has 0 bridgehead atoms. The van der Waals surface area contributed by atoms with E-state index in [1.165, 1.54) is 0 Å². The van der Waals surface area contributed by atoms with Crippen LogP contribution in [-0.2, 0) is 4.79 Å². The molecule has 0 N–H and O–H groups in total. The van der Waals surface area contributed by atoms with E-state index in [2.05, 4.69) is 24.0 Å². The van der Waals surface area contributed by atoms with Gasteiger partial charge in [-0.05, 0) is 36.3 Å². The lowest BCUT2D eigenvalue weighted by molar-refractivity contribution is -0.144. The summed E-state index contributed by atoms with van der Waals surface area (Å²) in [7, 11) is 0. The van der Waals surface area contributed by atoms with Gasteiger partial charge >= 0.3 is 0 Å². The molecule has 1 saturated carbocycles. The highest BCUT2D eigenvalue weighted by Crippen LogP contribution is 2.59. The Balaban J connectivity index is 1.73. The molecule has 110 valence electrons. The highest BCUT2D eigenvalue weighted by Gasteiger charge is 2.57. The fourth-order valence-corrected chi connectivity index (χ4v) is 4.32. The van der Waals surface area contributed by atoms with Crippen molar-refractivity contribution in [1.29, 1.82) is 10.5 Å². The van der Waals surface area contributed by atoms with Crippen molar-refractivity contribution in [2.45, 2.75) is 38.1 Å². The topological polar surface area (TPSA) is 80.8 Å². The molecule has 5 nitrogen and oxygen atoms in total. The molecule has 5 heteroatoms. The van der Waals surface area contributed by atoms with E-state index in [0.717, 1.165) is 17.5 Å². The van der Waals surface area contributed by atoms with Gasteiger partial charge in [-0.25, -0.2) is 0 Å². The molecule has 0 aromatic carbocycles. The minimum absolute atomic E-state index is 0.00382. The van der Waals surface area contributed by atoms with Crippen molar-refractivity contribution in [3.05, 3.63) is 29.1 Å². The number of hydrogen-bond acceptors (Lipinski definition) is 4. The third-order valence-corrected chi connectivity index (χ3v) is 5.66. The molecule has 2 aliphatic carbocycles. The molecule has 1 aromatic heterocycles. The van der Waals surface area contributed by atoms with Crippen LogP contribution < -0.4 is 0 Å². The Morgan fingerprint density at radius 1 is 1.41 bits per heavy atom. The number of hydrogen-bond donors (Lipinski definition) is 0. The van der Waals surface area contributed by atoms with Crippen LogP contribution in [0.5, 0.6) is 0 Å². The summed E-state index contributed by atoms with van der Waals surface area (Å²) in [6.07, 6.45) is 5.68. The molecule has 0 spiro atoms. The maximum Gasteiger partial charge on any atom is 0.243 e. The van der Waals surface area contributed by atoms with Crippen LogP contribution >= 0.6 is 0 Å². The van der Waals surface area contributed by atoms with Gasteiger partial charge in [-0.2, -0.15) is 10.5 Å². The van der Waals surface area contributed by atoms with Crippen molar-refractivity contribution in [1.82, 2.24) is 9.88 Å². The maximum atomic E-state index is 12.9. The predicted molar refractivity (Wildman–Crippen MR) is 77.2 cm³/mol. The Labute approximate surface area is 129 Å². The number of pyridine rings is 1. The van der Waals surface area contributed by atoms with Crippen LogP contribution in [0.1, 0.15) is 54.8 Å². The van der Waals surface area contributed by atoms with Crippen molar-refractivity contribution in [3.8, 4) is 12.1 Å². The Morgan fingerprint density at radius 2 is 2.18 bits per heavy atom. The number of fused-ring (bicyclic) bond motifs is 4. The molecular weight excluding hydrogens is 276 g/mol. The van der Waals surface area contributed by atoms with Crippen LogP contribution in [0.2, 0.25) is 0 Å². The van der Waals surface area contributed by atoms with Gasteiger partial charge in [-0.15, -0.1) is 0 Å². The van der Waals surface area contributed by atoms with Crippen molar-refractivity contribution in [2.75, 3.05) is 6.54 Å². The molecule has 2 fully saturated rings. The Hall–Kier alpha value is -2.40. The summed E-state index contributed by atoms with van der Waals surface area (Å²) < 4.78 is 0. The van der Waals surface area contributed by atoms with Gasteiger partial charge in [0.25, 0.3) is 0 Å². The van der Waals surface area contributed by atoms with Crippen molar-refractivity contribution in [2.24, 2.45) is 11.3 Å². The van der Waals surface area contributed by atoms with Gasteiger partial charge in [0.1, 0.15) is 11.5 Å². The van der Waals surface area contributed by atoms with Crippen LogP contribution in [0, 0.1) is 34.0 Å². The van der Waals surface area contributed by atoms with Crippen molar-refractivity contribution >= 4 is 5.91 Å². The van der Waals surface area contributed by atoms with E-state index in [9.17, 15) is 15.3 Å². The third kappa shape index (κ3) is 1.41.